The molecule has 6 heteroatoms. The Morgan fingerprint density at radius 3 is 2.72 bits per heavy atom. The molecule has 1 amide bonds. The van der Waals surface area contributed by atoms with Gasteiger partial charge in [0.2, 0.25) is 0 Å². The van der Waals surface area contributed by atoms with E-state index in [1.165, 1.54) is 0 Å². The molecule has 0 spiro atoms. The van der Waals surface area contributed by atoms with Crippen molar-refractivity contribution in [2.45, 2.75) is 6.92 Å². The van der Waals surface area contributed by atoms with Crippen LogP contribution in [0, 0.1) is 6.92 Å². The number of carbonyl (C=O) groups is 1. The Hall–Kier alpha value is -2.60. The number of aryl methyl sites for hydroxylation is 2. The Kier molecular flexibility index (Phi) is 4.90. The molecule has 3 aromatic rings. The summed E-state index contributed by atoms with van der Waals surface area (Å²) in [4.78, 5) is 12.6. The smallest absolute Gasteiger partial charge is 0.273 e. The average Bonchev–Trinajstić information content (AvgIpc) is 3.00. The summed E-state index contributed by atoms with van der Waals surface area (Å²) >= 11 is 3.46. The van der Waals surface area contributed by atoms with Crippen molar-refractivity contribution >= 4 is 27.5 Å². The molecule has 0 radical (unpaired) electrons. The maximum Gasteiger partial charge on any atom is 0.273 e. The number of anilines is 1. The summed E-state index contributed by atoms with van der Waals surface area (Å²) in [5, 5.41) is 7.35. The lowest BCUT2D eigenvalue weighted by Gasteiger charge is -2.07. The van der Waals surface area contributed by atoms with Crippen LogP contribution in [0.1, 0.15) is 16.1 Å². The molecule has 128 valence electrons. The number of carbonyl (C=O) groups excluding carboxylic acids is 1. The minimum atomic E-state index is -0.203. The van der Waals surface area contributed by atoms with Crippen molar-refractivity contribution in [1.29, 1.82) is 0 Å². The molecule has 0 aliphatic carbocycles. The van der Waals surface area contributed by atoms with Crippen LogP contribution in [0.3, 0.4) is 0 Å². The fourth-order valence-electron chi connectivity index (χ4n) is 2.52. The molecule has 0 saturated heterocycles. The van der Waals surface area contributed by atoms with Gasteiger partial charge in [0, 0.05) is 22.8 Å². The van der Waals surface area contributed by atoms with Crippen LogP contribution in [0.15, 0.2) is 53.0 Å². The summed E-state index contributed by atoms with van der Waals surface area (Å²) < 4.78 is 7.83. The highest BCUT2D eigenvalue weighted by atomic mass is 79.9. The highest BCUT2D eigenvalue weighted by Gasteiger charge is 2.15. The number of nitrogens with one attached hydrogen (secondary N) is 1. The van der Waals surface area contributed by atoms with Gasteiger partial charge in [0.25, 0.3) is 5.91 Å². The quantitative estimate of drug-likeness (QED) is 0.706. The van der Waals surface area contributed by atoms with Gasteiger partial charge < -0.3 is 10.1 Å². The van der Waals surface area contributed by atoms with Gasteiger partial charge in [-0.15, -0.1) is 0 Å². The largest absolute Gasteiger partial charge is 0.497 e. The zero-order valence-corrected chi connectivity index (χ0v) is 15.8. The zero-order chi connectivity index (χ0) is 18.0. The monoisotopic (exact) mass is 399 g/mol. The lowest BCUT2D eigenvalue weighted by atomic mass is 10.1. The Labute approximate surface area is 154 Å². The number of methoxy groups -OCH3 is 1. The molecule has 0 aliphatic heterocycles. The molecule has 0 unspecified atom stereocenters. The molecule has 1 heterocycles. The normalized spacial score (nSPS) is 10.6. The van der Waals surface area contributed by atoms with Gasteiger partial charge in [0.1, 0.15) is 11.4 Å². The van der Waals surface area contributed by atoms with Crippen LogP contribution >= 0.6 is 15.9 Å². The predicted octanol–water partition coefficient (Wildman–Crippen LogP) is 4.42. The number of amides is 1. The third-order valence-electron chi connectivity index (χ3n) is 3.89. The molecule has 25 heavy (non-hydrogen) atoms. The second kappa shape index (κ2) is 7.11. The Morgan fingerprint density at radius 1 is 1.20 bits per heavy atom. The summed E-state index contributed by atoms with van der Waals surface area (Å²) in [7, 11) is 3.38. The number of hydrogen-bond acceptors (Lipinski definition) is 3. The van der Waals surface area contributed by atoms with Crippen molar-refractivity contribution in [2.75, 3.05) is 12.4 Å². The molecule has 5 nitrogen and oxygen atoms in total. The molecule has 0 fully saturated rings. The van der Waals surface area contributed by atoms with E-state index in [2.05, 4.69) is 26.3 Å². The highest BCUT2D eigenvalue weighted by Crippen LogP contribution is 2.24. The molecule has 3 rings (SSSR count). The number of ether oxygens (including phenoxy) is 1. The summed E-state index contributed by atoms with van der Waals surface area (Å²) in [6.07, 6.45) is 0. The van der Waals surface area contributed by atoms with Crippen molar-refractivity contribution in [3.63, 3.8) is 0 Å². The van der Waals surface area contributed by atoms with Crippen LogP contribution in [0.2, 0.25) is 0 Å². The lowest BCUT2D eigenvalue weighted by molar-refractivity contribution is 0.101. The summed E-state index contributed by atoms with van der Waals surface area (Å²) in [6.45, 7) is 1.98. The van der Waals surface area contributed by atoms with E-state index in [1.54, 1.807) is 24.9 Å². The van der Waals surface area contributed by atoms with Crippen molar-refractivity contribution in [3.05, 3.63) is 64.3 Å². The fourth-order valence-corrected chi connectivity index (χ4v) is 2.77. The molecular weight excluding hydrogens is 382 g/mol. The third kappa shape index (κ3) is 3.74. The minimum Gasteiger partial charge on any atom is -0.497 e. The number of nitrogens with zero attached hydrogens (tertiary/aromatic N) is 2. The molecule has 1 N–H and O–H groups in total. The van der Waals surface area contributed by atoms with Crippen molar-refractivity contribution in [1.82, 2.24) is 9.78 Å². The van der Waals surface area contributed by atoms with Gasteiger partial charge in [-0.25, -0.2) is 0 Å². The van der Waals surface area contributed by atoms with Crippen LogP contribution in [0.4, 0.5) is 5.69 Å². The summed E-state index contributed by atoms with van der Waals surface area (Å²) in [5.41, 5.74) is 3.90. The van der Waals surface area contributed by atoms with E-state index in [9.17, 15) is 4.79 Å². The first-order valence-corrected chi connectivity index (χ1v) is 8.53. The van der Waals surface area contributed by atoms with E-state index in [0.717, 1.165) is 32.7 Å². The van der Waals surface area contributed by atoms with Gasteiger partial charge in [0.05, 0.1) is 12.8 Å². The first kappa shape index (κ1) is 17.2. The maximum absolute atomic E-state index is 12.6. The van der Waals surface area contributed by atoms with Crippen molar-refractivity contribution in [2.24, 2.45) is 7.05 Å². The number of benzene rings is 2. The van der Waals surface area contributed by atoms with Gasteiger partial charge in [-0.1, -0.05) is 28.1 Å². The Morgan fingerprint density at radius 2 is 2.00 bits per heavy atom. The lowest BCUT2D eigenvalue weighted by Crippen LogP contribution is -2.16. The minimum absolute atomic E-state index is 0.203. The van der Waals surface area contributed by atoms with Gasteiger partial charge in [0.15, 0.2) is 0 Å². The van der Waals surface area contributed by atoms with Crippen LogP contribution in [0.5, 0.6) is 5.75 Å². The molecular formula is C19H18BrN3O2. The van der Waals surface area contributed by atoms with Crippen molar-refractivity contribution < 1.29 is 9.53 Å². The van der Waals surface area contributed by atoms with Crippen LogP contribution in [-0.2, 0) is 7.05 Å². The highest BCUT2D eigenvalue weighted by molar-refractivity contribution is 9.10. The second-order valence-electron chi connectivity index (χ2n) is 5.69. The average molecular weight is 400 g/mol. The fraction of sp³-hybridized carbons (Fsp3) is 0.158. The maximum atomic E-state index is 12.6. The van der Waals surface area contributed by atoms with Crippen LogP contribution < -0.4 is 10.1 Å². The van der Waals surface area contributed by atoms with E-state index in [-0.39, 0.29) is 5.91 Å². The Balaban J connectivity index is 1.86. The summed E-state index contributed by atoms with van der Waals surface area (Å²) in [6, 6.07) is 15.1. The van der Waals surface area contributed by atoms with Gasteiger partial charge in [-0.2, -0.15) is 5.10 Å². The second-order valence-corrected chi connectivity index (χ2v) is 6.54. The molecule has 1 aromatic heterocycles. The van der Waals surface area contributed by atoms with Gasteiger partial charge >= 0.3 is 0 Å². The third-order valence-corrected chi connectivity index (χ3v) is 4.78. The first-order valence-electron chi connectivity index (χ1n) is 7.74. The molecule has 0 atom stereocenters. The van der Waals surface area contributed by atoms with E-state index in [4.69, 9.17) is 4.74 Å². The van der Waals surface area contributed by atoms with Gasteiger partial charge in [-0.3, -0.25) is 9.48 Å². The standard InChI is InChI=1S/C19H18BrN3O2/c1-12-9-14(7-8-16(12)20)21-19(24)18-11-17(22-23(18)2)13-5-4-6-15(10-13)25-3/h4-11H,1-3H3,(H,21,24). The summed E-state index contributed by atoms with van der Waals surface area (Å²) in [5.74, 6) is 0.547. The predicted molar refractivity (Wildman–Crippen MR) is 102 cm³/mol. The van der Waals surface area contributed by atoms with Gasteiger partial charge in [-0.05, 0) is 48.9 Å². The van der Waals surface area contributed by atoms with Crippen molar-refractivity contribution in [3.8, 4) is 17.0 Å². The molecule has 0 bridgehead atoms. The molecule has 2 aromatic carbocycles. The topological polar surface area (TPSA) is 56.1 Å². The van der Waals surface area contributed by atoms with E-state index in [0.29, 0.717) is 5.69 Å². The van der Waals surface area contributed by atoms with E-state index >= 15 is 0 Å². The molecule has 0 saturated carbocycles. The van der Waals surface area contributed by atoms with Crippen LogP contribution in [0.25, 0.3) is 11.3 Å². The zero-order valence-electron chi connectivity index (χ0n) is 14.2. The molecule has 0 aliphatic rings. The Bertz CT molecular complexity index is 934. The SMILES string of the molecule is COc1cccc(-c2cc(C(=O)Nc3ccc(Br)c(C)c3)n(C)n2)c1. The number of aromatic nitrogens is 2. The van der Waals surface area contributed by atoms with E-state index in [1.807, 2.05) is 49.4 Å². The number of hydrogen-bond donors (Lipinski definition) is 1. The van der Waals surface area contributed by atoms with Crippen LogP contribution in [-0.4, -0.2) is 22.8 Å². The number of halogens is 1. The number of rotatable bonds is 4. The van der Waals surface area contributed by atoms with E-state index < -0.39 is 0 Å². The first-order chi connectivity index (χ1) is 12.0.